The van der Waals surface area contributed by atoms with E-state index in [2.05, 4.69) is 29.1 Å². The average molecular weight is 239 g/mol. The molecule has 0 spiro atoms. The molecule has 1 aliphatic rings. The summed E-state index contributed by atoms with van der Waals surface area (Å²) in [6.07, 6.45) is 3.53. The Bertz CT molecular complexity index is 286. The molecule has 0 aliphatic carbocycles. The van der Waals surface area contributed by atoms with Crippen molar-refractivity contribution in [3.8, 4) is 0 Å². The van der Waals surface area contributed by atoms with E-state index in [1.54, 1.807) is 11.3 Å². The lowest BCUT2D eigenvalue weighted by Crippen LogP contribution is -2.43. The molecular weight excluding hydrogens is 218 g/mol. The van der Waals surface area contributed by atoms with Gasteiger partial charge in [0.05, 0.1) is 6.61 Å². The highest BCUT2D eigenvalue weighted by atomic mass is 32.1. The van der Waals surface area contributed by atoms with E-state index >= 15 is 0 Å². The van der Waals surface area contributed by atoms with Gasteiger partial charge in [0.1, 0.15) is 0 Å². The zero-order valence-corrected chi connectivity index (χ0v) is 10.8. The van der Waals surface area contributed by atoms with Crippen molar-refractivity contribution < 1.29 is 4.74 Å². The van der Waals surface area contributed by atoms with Crippen LogP contribution in [-0.4, -0.2) is 25.8 Å². The van der Waals surface area contributed by atoms with Crippen molar-refractivity contribution in [2.45, 2.75) is 32.2 Å². The summed E-state index contributed by atoms with van der Waals surface area (Å²) in [4.78, 5) is 0. The molecule has 2 atom stereocenters. The van der Waals surface area contributed by atoms with Gasteiger partial charge in [-0.2, -0.15) is 11.3 Å². The van der Waals surface area contributed by atoms with E-state index in [4.69, 9.17) is 4.74 Å². The lowest BCUT2D eigenvalue weighted by molar-refractivity contribution is 0.0323. The smallest absolute Gasteiger partial charge is 0.0512 e. The summed E-state index contributed by atoms with van der Waals surface area (Å²) in [5.74, 6) is 0.648. The maximum absolute atomic E-state index is 5.60. The molecule has 2 unspecified atom stereocenters. The highest BCUT2D eigenvalue weighted by Gasteiger charge is 2.25. The summed E-state index contributed by atoms with van der Waals surface area (Å²) in [6.45, 7) is 5.18. The van der Waals surface area contributed by atoms with Crippen molar-refractivity contribution in [2.75, 3.05) is 19.8 Å². The van der Waals surface area contributed by atoms with Crippen molar-refractivity contribution in [1.82, 2.24) is 5.32 Å². The molecule has 2 nitrogen and oxygen atoms in total. The molecule has 0 bridgehead atoms. The number of hydrogen-bond donors (Lipinski definition) is 1. The second-order valence-corrected chi connectivity index (χ2v) is 5.30. The molecular formula is C13H21NOS. The minimum Gasteiger partial charge on any atom is -0.381 e. The van der Waals surface area contributed by atoms with E-state index in [-0.39, 0.29) is 0 Å². The van der Waals surface area contributed by atoms with Gasteiger partial charge >= 0.3 is 0 Å². The van der Waals surface area contributed by atoms with Gasteiger partial charge in [-0.3, -0.25) is 0 Å². The summed E-state index contributed by atoms with van der Waals surface area (Å²) in [5, 5.41) is 8.07. The number of nitrogens with one attached hydrogen (secondary N) is 1. The van der Waals surface area contributed by atoms with Crippen LogP contribution in [0.25, 0.3) is 0 Å². The van der Waals surface area contributed by atoms with Crippen molar-refractivity contribution in [2.24, 2.45) is 5.92 Å². The third-order valence-corrected chi connectivity index (χ3v) is 3.94. The van der Waals surface area contributed by atoms with E-state index in [9.17, 15) is 0 Å². The van der Waals surface area contributed by atoms with E-state index in [1.807, 2.05) is 0 Å². The fourth-order valence-corrected chi connectivity index (χ4v) is 2.99. The first-order valence-electron chi connectivity index (χ1n) is 6.22. The summed E-state index contributed by atoms with van der Waals surface area (Å²) in [5.41, 5.74) is 1.46. The maximum atomic E-state index is 5.60. The van der Waals surface area contributed by atoms with Gasteiger partial charge in [0.25, 0.3) is 0 Å². The molecule has 1 aromatic rings. The van der Waals surface area contributed by atoms with E-state index in [0.717, 1.165) is 32.6 Å². The number of ether oxygens (including phenoxy) is 1. The number of hydrogen-bond acceptors (Lipinski definition) is 3. The normalized spacial score (nSPS) is 25.8. The molecule has 1 fully saturated rings. The Morgan fingerprint density at radius 3 is 3.25 bits per heavy atom. The molecule has 1 N–H and O–H groups in total. The summed E-state index contributed by atoms with van der Waals surface area (Å²) in [7, 11) is 0. The Kier molecular flexibility index (Phi) is 4.82. The SMILES string of the molecule is CCCNC1CCOCC1Cc1ccsc1. The highest BCUT2D eigenvalue weighted by molar-refractivity contribution is 7.07. The van der Waals surface area contributed by atoms with Gasteiger partial charge in [-0.1, -0.05) is 6.92 Å². The molecule has 0 radical (unpaired) electrons. The third-order valence-electron chi connectivity index (χ3n) is 3.21. The Hall–Kier alpha value is -0.380. The number of rotatable bonds is 5. The van der Waals surface area contributed by atoms with Crippen LogP contribution in [0.2, 0.25) is 0 Å². The zero-order chi connectivity index (χ0) is 11.2. The molecule has 1 aliphatic heterocycles. The fraction of sp³-hybridized carbons (Fsp3) is 0.692. The molecule has 90 valence electrons. The van der Waals surface area contributed by atoms with Crippen molar-refractivity contribution >= 4 is 11.3 Å². The van der Waals surface area contributed by atoms with Gasteiger partial charge in [-0.25, -0.2) is 0 Å². The lowest BCUT2D eigenvalue weighted by Gasteiger charge is -2.32. The molecule has 3 heteroatoms. The minimum absolute atomic E-state index is 0.647. The maximum Gasteiger partial charge on any atom is 0.0512 e. The van der Waals surface area contributed by atoms with Crippen LogP contribution in [0.3, 0.4) is 0 Å². The van der Waals surface area contributed by atoms with Crippen LogP contribution in [0.15, 0.2) is 16.8 Å². The van der Waals surface area contributed by atoms with Gasteiger partial charge in [0.2, 0.25) is 0 Å². The Labute approximate surface area is 102 Å². The Balaban J connectivity index is 1.88. The van der Waals surface area contributed by atoms with Crippen molar-refractivity contribution in [3.05, 3.63) is 22.4 Å². The standard InChI is InChI=1S/C13H21NOS/c1-2-5-14-13-3-6-15-9-12(13)8-11-4-7-16-10-11/h4,7,10,12-14H,2-3,5-6,8-9H2,1H3. The first kappa shape index (κ1) is 12.1. The van der Waals surface area contributed by atoms with Crippen LogP contribution in [0, 0.1) is 5.92 Å². The largest absolute Gasteiger partial charge is 0.381 e. The highest BCUT2D eigenvalue weighted by Crippen LogP contribution is 2.21. The number of thiophene rings is 1. The Morgan fingerprint density at radius 2 is 2.50 bits per heavy atom. The van der Waals surface area contributed by atoms with Crippen LogP contribution < -0.4 is 5.32 Å². The van der Waals surface area contributed by atoms with Crippen LogP contribution >= 0.6 is 11.3 Å². The van der Waals surface area contributed by atoms with E-state index in [0.29, 0.717) is 12.0 Å². The summed E-state index contributed by atoms with van der Waals surface area (Å²) >= 11 is 1.79. The van der Waals surface area contributed by atoms with Crippen LogP contribution in [0.1, 0.15) is 25.3 Å². The first-order valence-corrected chi connectivity index (χ1v) is 7.16. The predicted molar refractivity (Wildman–Crippen MR) is 69.0 cm³/mol. The second kappa shape index (κ2) is 6.38. The molecule has 16 heavy (non-hydrogen) atoms. The quantitative estimate of drug-likeness (QED) is 0.853. The molecule has 2 rings (SSSR count). The van der Waals surface area contributed by atoms with Crippen molar-refractivity contribution in [3.63, 3.8) is 0 Å². The van der Waals surface area contributed by atoms with Gasteiger partial charge < -0.3 is 10.1 Å². The zero-order valence-electron chi connectivity index (χ0n) is 9.95. The average Bonchev–Trinajstić information content (AvgIpc) is 2.81. The summed E-state index contributed by atoms with van der Waals surface area (Å²) in [6, 6.07) is 2.88. The van der Waals surface area contributed by atoms with Gasteiger partial charge in [-0.15, -0.1) is 0 Å². The lowest BCUT2D eigenvalue weighted by atomic mass is 9.90. The van der Waals surface area contributed by atoms with Crippen molar-refractivity contribution in [1.29, 1.82) is 0 Å². The topological polar surface area (TPSA) is 21.3 Å². The molecule has 0 aromatic carbocycles. The molecule has 1 aromatic heterocycles. The van der Waals surface area contributed by atoms with E-state index in [1.165, 1.54) is 12.0 Å². The monoisotopic (exact) mass is 239 g/mol. The molecule has 0 saturated carbocycles. The fourth-order valence-electron chi connectivity index (χ4n) is 2.31. The first-order chi connectivity index (χ1) is 7.90. The molecule has 1 saturated heterocycles. The van der Waals surface area contributed by atoms with Gasteiger partial charge in [-0.05, 0) is 48.2 Å². The second-order valence-electron chi connectivity index (χ2n) is 4.52. The predicted octanol–water partition coefficient (Wildman–Crippen LogP) is 2.70. The minimum atomic E-state index is 0.647. The van der Waals surface area contributed by atoms with Crippen LogP contribution in [0.5, 0.6) is 0 Å². The van der Waals surface area contributed by atoms with Crippen LogP contribution in [0.4, 0.5) is 0 Å². The van der Waals surface area contributed by atoms with Gasteiger partial charge in [0.15, 0.2) is 0 Å². The van der Waals surface area contributed by atoms with Gasteiger partial charge in [0, 0.05) is 18.6 Å². The summed E-state index contributed by atoms with van der Waals surface area (Å²) < 4.78 is 5.60. The van der Waals surface area contributed by atoms with Crippen LogP contribution in [-0.2, 0) is 11.2 Å². The van der Waals surface area contributed by atoms with E-state index < -0.39 is 0 Å². The molecule has 0 amide bonds. The molecule has 2 heterocycles. The third kappa shape index (κ3) is 3.30. The Morgan fingerprint density at radius 1 is 1.56 bits per heavy atom.